The molecular formula is C12H17BrN4O2. The summed E-state index contributed by atoms with van der Waals surface area (Å²) in [5.74, 6) is 1.21. The van der Waals surface area contributed by atoms with Crippen LogP contribution in [0.4, 0.5) is 11.6 Å². The Labute approximate surface area is 120 Å². The molecule has 0 amide bonds. The van der Waals surface area contributed by atoms with Crippen molar-refractivity contribution in [2.45, 2.75) is 37.8 Å². The average Bonchev–Trinajstić information content (AvgIpc) is 2.40. The Bertz CT molecular complexity index is 436. The zero-order valence-corrected chi connectivity index (χ0v) is 12.1. The number of hydrogen-bond donors (Lipinski definition) is 3. The third-order valence-electron chi connectivity index (χ3n) is 3.13. The van der Waals surface area contributed by atoms with Gasteiger partial charge in [0.05, 0.1) is 18.8 Å². The maximum atomic E-state index is 10.4. The van der Waals surface area contributed by atoms with Gasteiger partial charge in [-0.1, -0.05) is 0 Å². The molecule has 2 rings (SSSR count). The summed E-state index contributed by atoms with van der Waals surface area (Å²) in [7, 11) is 0. The van der Waals surface area contributed by atoms with E-state index in [1.54, 1.807) is 6.20 Å². The molecule has 1 saturated carbocycles. The third kappa shape index (κ3) is 4.14. The second kappa shape index (κ2) is 6.81. The van der Waals surface area contributed by atoms with Crippen LogP contribution in [0.1, 0.15) is 25.7 Å². The van der Waals surface area contributed by atoms with Gasteiger partial charge in [-0.3, -0.25) is 0 Å². The summed E-state index contributed by atoms with van der Waals surface area (Å²) in [4.78, 5) is 19.0. The molecule has 1 aromatic rings. The van der Waals surface area contributed by atoms with Crippen LogP contribution in [0.2, 0.25) is 0 Å². The van der Waals surface area contributed by atoms with Crippen LogP contribution < -0.4 is 10.6 Å². The maximum absolute atomic E-state index is 10.4. The van der Waals surface area contributed by atoms with Crippen molar-refractivity contribution < 1.29 is 9.90 Å². The van der Waals surface area contributed by atoms with Crippen LogP contribution in [0.5, 0.6) is 0 Å². The molecule has 1 aromatic heterocycles. The molecule has 1 fully saturated rings. The fourth-order valence-electron chi connectivity index (χ4n) is 2.15. The molecule has 0 saturated heterocycles. The lowest BCUT2D eigenvalue weighted by Crippen LogP contribution is -2.29. The molecule has 0 bridgehead atoms. The first-order valence-corrected chi connectivity index (χ1v) is 7.13. The van der Waals surface area contributed by atoms with Crippen molar-refractivity contribution in [2.75, 3.05) is 17.2 Å². The first-order valence-electron chi connectivity index (χ1n) is 6.33. The number of aliphatic hydroxyl groups is 1. The Morgan fingerprint density at radius 2 is 2.11 bits per heavy atom. The fourth-order valence-corrected chi connectivity index (χ4v) is 2.43. The van der Waals surface area contributed by atoms with Gasteiger partial charge >= 0.3 is 0 Å². The summed E-state index contributed by atoms with van der Waals surface area (Å²) in [6, 6.07) is 0.281. The van der Waals surface area contributed by atoms with Crippen LogP contribution in [-0.4, -0.2) is 40.1 Å². The molecule has 19 heavy (non-hydrogen) atoms. The van der Waals surface area contributed by atoms with Crippen molar-refractivity contribution in [3.05, 3.63) is 10.8 Å². The molecule has 0 radical (unpaired) electrons. The Morgan fingerprint density at radius 1 is 1.37 bits per heavy atom. The highest BCUT2D eigenvalue weighted by molar-refractivity contribution is 9.10. The summed E-state index contributed by atoms with van der Waals surface area (Å²) in [6.07, 6.45) is 5.60. The molecule has 0 spiro atoms. The molecule has 104 valence electrons. The minimum Gasteiger partial charge on any atom is -0.393 e. The molecule has 0 unspecified atom stereocenters. The van der Waals surface area contributed by atoms with Crippen molar-refractivity contribution >= 4 is 33.9 Å². The van der Waals surface area contributed by atoms with Gasteiger partial charge in [-0.2, -0.15) is 0 Å². The SMILES string of the molecule is O=CCNc1ncc(Br)nc1NC1CCC(O)CC1. The highest BCUT2D eigenvalue weighted by Crippen LogP contribution is 2.25. The molecule has 1 aliphatic carbocycles. The second-order valence-electron chi connectivity index (χ2n) is 4.59. The lowest BCUT2D eigenvalue weighted by atomic mass is 9.93. The van der Waals surface area contributed by atoms with Gasteiger partial charge in [-0.15, -0.1) is 0 Å². The Morgan fingerprint density at radius 3 is 2.79 bits per heavy atom. The van der Waals surface area contributed by atoms with E-state index in [1.165, 1.54) is 0 Å². The van der Waals surface area contributed by atoms with Gasteiger partial charge in [-0.25, -0.2) is 9.97 Å². The predicted molar refractivity (Wildman–Crippen MR) is 76.2 cm³/mol. The van der Waals surface area contributed by atoms with Gasteiger partial charge in [0.2, 0.25) is 0 Å². The summed E-state index contributed by atoms with van der Waals surface area (Å²) in [5, 5.41) is 15.7. The third-order valence-corrected chi connectivity index (χ3v) is 3.52. The number of anilines is 2. The number of aromatic nitrogens is 2. The first kappa shape index (κ1) is 14.2. The largest absolute Gasteiger partial charge is 0.393 e. The van der Waals surface area contributed by atoms with Crippen molar-refractivity contribution in [3.63, 3.8) is 0 Å². The highest BCUT2D eigenvalue weighted by atomic mass is 79.9. The number of nitrogens with one attached hydrogen (secondary N) is 2. The monoisotopic (exact) mass is 328 g/mol. The zero-order chi connectivity index (χ0) is 13.7. The van der Waals surface area contributed by atoms with Crippen molar-refractivity contribution in [1.29, 1.82) is 0 Å². The van der Waals surface area contributed by atoms with Crippen LogP contribution in [0.25, 0.3) is 0 Å². The van der Waals surface area contributed by atoms with Gasteiger partial charge in [0.25, 0.3) is 0 Å². The molecule has 1 aliphatic rings. The van der Waals surface area contributed by atoms with Crippen LogP contribution in [0, 0.1) is 0 Å². The summed E-state index contributed by atoms with van der Waals surface area (Å²) in [5.41, 5.74) is 0. The lowest BCUT2D eigenvalue weighted by molar-refractivity contribution is -0.106. The van der Waals surface area contributed by atoms with Crippen molar-refractivity contribution in [1.82, 2.24) is 9.97 Å². The molecular weight excluding hydrogens is 312 g/mol. The smallest absolute Gasteiger partial charge is 0.170 e. The summed E-state index contributed by atoms with van der Waals surface area (Å²) >= 11 is 3.29. The van der Waals surface area contributed by atoms with Crippen LogP contribution >= 0.6 is 15.9 Å². The van der Waals surface area contributed by atoms with E-state index in [9.17, 15) is 9.90 Å². The molecule has 0 atom stereocenters. The van der Waals surface area contributed by atoms with E-state index in [2.05, 4.69) is 36.5 Å². The fraction of sp³-hybridized carbons (Fsp3) is 0.583. The van der Waals surface area contributed by atoms with E-state index in [1.807, 2.05) is 0 Å². The van der Waals surface area contributed by atoms with Crippen molar-refractivity contribution in [3.8, 4) is 0 Å². The quantitative estimate of drug-likeness (QED) is 0.711. The van der Waals surface area contributed by atoms with E-state index in [4.69, 9.17) is 0 Å². The van der Waals surface area contributed by atoms with Gasteiger partial charge in [0.1, 0.15) is 10.9 Å². The minimum absolute atomic E-state index is 0.181. The van der Waals surface area contributed by atoms with Crippen LogP contribution in [0.15, 0.2) is 10.8 Å². The van der Waals surface area contributed by atoms with E-state index in [0.717, 1.165) is 32.0 Å². The Balaban J connectivity index is 2.04. The summed E-state index contributed by atoms with van der Waals surface area (Å²) < 4.78 is 0.641. The molecule has 7 heteroatoms. The van der Waals surface area contributed by atoms with Gasteiger partial charge < -0.3 is 20.5 Å². The number of halogens is 1. The average molecular weight is 329 g/mol. The first-order chi connectivity index (χ1) is 9.19. The predicted octanol–water partition coefficient (Wildman–Crippen LogP) is 1.57. The molecule has 0 aliphatic heterocycles. The van der Waals surface area contributed by atoms with Gasteiger partial charge in [-0.05, 0) is 41.6 Å². The number of aldehydes is 1. The molecule has 3 N–H and O–H groups in total. The van der Waals surface area contributed by atoms with E-state index >= 15 is 0 Å². The Hall–Kier alpha value is -1.21. The molecule has 0 aromatic carbocycles. The topological polar surface area (TPSA) is 87.1 Å². The van der Waals surface area contributed by atoms with E-state index < -0.39 is 0 Å². The molecule has 1 heterocycles. The van der Waals surface area contributed by atoms with E-state index in [0.29, 0.717) is 16.2 Å². The van der Waals surface area contributed by atoms with Gasteiger partial charge in [0, 0.05) is 6.04 Å². The van der Waals surface area contributed by atoms with Crippen molar-refractivity contribution in [2.24, 2.45) is 0 Å². The Kier molecular flexibility index (Phi) is 5.09. The second-order valence-corrected chi connectivity index (χ2v) is 5.40. The number of aliphatic hydroxyl groups excluding tert-OH is 1. The minimum atomic E-state index is -0.181. The normalized spacial score (nSPS) is 22.8. The van der Waals surface area contributed by atoms with Crippen LogP contribution in [-0.2, 0) is 4.79 Å². The number of hydrogen-bond acceptors (Lipinski definition) is 6. The standard InChI is InChI=1S/C12H17BrN4O2/c13-10-7-15-11(14-5-6-18)12(17-10)16-8-1-3-9(19)4-2-8/h6-9,19H,1-5H2,(H,14,15)(H,16,17). The number of carbonyl (C=O) groups excluding carboxylic acids is 1. The number of rotatable bonds is 5. The zero-order valence-electron chi connectivity index (χ0n) is 10.5. The highest BCUT2D eigenvalue weighted by Gasteiger charge is 2.20. The molecule has 6 nitrogen and oxygen atoms in total. The number of carbonyl (C=O) groups is 1. The van der Waals surface area contributed by atoms with E-state index in [-0.39, 0.29) is 18.7 Å². The maximum Gasteiger partial charge on any atom is 0.170 e. The lowest BCUT2D eigenvalue weighted by Gasteiger charge is -2.27. The summed E-state index contributed by atoms with van der Waals surface area (Å²) in [6.45, 7) is 0.203. The van der Waals surface area contributed by atoms with Gasteiger partial charge in [0.15, 0.2) is 11.6 Å². The van der Waals surface area contributed by atoms with Crippen LogP contribution in [0.3, 0.4) is 0 Å². The number of nitrogens with zero attached hydrogens (tertiary/aromatic N) is 2.